The van der Waals surface area contributed by atoms with Crippen molar-refractivity contribution < 1.29 is 8.42 Å². The molecule has 0 atom stereocenters. The van der Waals surface area contributed by atoms with Gasteiger partial charge in [-0.15, -0.1) is 0 Å². The lowest BCUT2D eigenvalue weighted by Crippen LogP contribution is -2.16. The highest BCUT2D eigenvalue weighted by Gasteiger charge is 2.09. The summed E-state index contributed by atoms with van der Waals surface area (Å²) in [7, 11) is -4.33. The van der Waals surface area contributed by atoms with E-state index in [1.807, 2.05) is 36.4 Å². The zero-order valence-electron chi connectivity index (χ0n) is 11.8. The third-order valence-corrected chi connectivity index (χ3v) is 5.06. The van der Waals surface area contributed by atoms with Gasteiger partial charge >= 0.3 is 0 Å². The molecule has 0 heterocycles. The Kier molecular flexibility index (Phi) is 5.75. The maximum absolute atomic E-state index is 11.8. The molecule has 0 aliphatic rings. The smallest absolute Gasteiger partial charge is 0.157 e. The Morgan fingerprint density at radius 2 is 1.58 bits per heavy atom. The van der Waals surface area contributed by atoms with E-state index in [9.17, 15) is 8.42 Å². The lowest BCUT2D eigenvalue weighted by atomic mass is 10.2. The van der Waals surface area contributed by atoms with Crippen molar-refractivity contribution in [2.45, 2.75) is 19.6 Å². The molecule has 0 aromatic heterocycles. The van der Waals surface area contributed by atoms with Crippen molar-refractivity contribution in [3.05, 3.63) is 53.7 Å². The van der Waals surface area contributed by atoms with Gasteiger partial charge in [0.05, 0.1) is 19.6 Å². The maximum atomic E-state index is 11.8. The summed E-state index contributed by atoms with van der Waals surface area (Å²) in [6.07, 6.45) is 5.37. The zero-order chi connectivity index (χ0) is 14.4. The number of hydrogen-bond donors (Lipinski definition) is 0. The molecule has 19 heavy (non-hydrogen) atoms. The average molecular weight is 294 g/mol. The summed E-state index contributed by atoms with van der Waals surface area (Å²) < 4.78 is 23.6. The van der Waals surface area contributed by atoms with Gasteiger partial charge in [-0.25, -0.2) is 8.42 Å². The SMILES string of the molecule is C[Si](C)(C)/C=C/CS(=O)(=O)C/C=C/c1ccccc1. The van der Waals surface area contributed by atoms with E-state index >= 15 is 0 Å². The molecule has 104 valence electrons. The molecule has 4 heteroatoms. The van der Waals surface area contributed by atoms with E-state index in [4.69, 9.17) is 0 Å². The minimum atomic E-state index is -3.03. The van der Waals surface area contributed by atoms with Gasteiger partial charge < -0.3 is 0 Å². The summed E-state index contributed by atoms with van der Waals surface area (Å²) in [5, 5.41) is 0. The molecule has 0 radical (unpaired) electrons. The number of hydrogen-bond acceptors (Lipinski definition) is 2. The fourth-order valence-electron chi connectivity index (χ4n) is 1.51. The van der Waals surface area contributed by atoms with E-state index in [-0.39, 0.29) is 11.5 Å². The van der Waals surface area contributed by atoms with Crippen LogP contribution in [0, 0.1) is 0 Å². The Morgan fingerprint density at radius 1 is 1.00 bits per heavy atom. The van der Waals surface area contributed by atoms with Crippen molar-refractivity contribution in [3.63, 3.8) is 0 Å². The van der Waals surface area contributed by atoms with Crippen LogP contribution < -0.4 is 0 Å². The first-order valence-corrected chi connectivity index (χ1v) is 11.8. The van der Waals surface area contributed by atoms with Gasteiger partial charge in [-0.1, -0.05) is 73.9 Å². The molecule has 0 bridgehead atoms. The van der Waals surface area contributed by atoms with Gasteiger partial charge in [0, 0.05) is 0 Å². The molecule has 0 amide bonds. The predicted molar refractivity (Wildman–Crippen MR) is 86.6 cm³/mol. The Balaban J connectivity index is 2.52. The van der Waals surface area contributed by atoms with E-state index in [1.165, 1.54) is 0 Å². The first-order valence-electron chi connectivity index (χ1n) is 6.38. The van der Waals surface area contributed by atoms with Crippen molar-refractivity contribution in [2.75, 3.05) is 11.5 Å². The third kappa shape index (κ3) is 7.80. The molecule has 0 saturated carbocycles. The van der Waals surface area contributed by atoms with Crippen LogP contribution in [0.15, 0.2) is 48.2 Å². The highest BCUT2D eigenvalue weighted by molar-refractivity contribution is 7.91. The summed E-state index contributed by atoms with van der Waals surface area (Å²) >= 11 is 0. The molecule has 0 aliphatic heterocycles. The monoisotopic (exact) mass is 294 g/mol. The summed E-state index contributed by atoms with van der Waals surface area (Å²) in [5.74, 6) is 0.230. The van der Waals surface area contributed by atoms with Gasteiger partial charge in [0.15, 0.2) is 9.84 Å². The largest absolute Gasteiger partial charge is 0.228 e. The Morgan fingerprint density at radius 3 is 2.16 bits per heavy atom. The predicted octanol–water partition coefficient (Wildman–Crippen LogP) is 3.55. The van der Waals surface area contributed by atoms with Crippen molar-refractivity contribution in [1.29, 1.82) is 0 Å². The highest BCUT2D eigenvalue weighted by atomic mass is 32.2. The maximum Gasteiger partial charge on any atom is 0.157 e. The second kappa shape index (κ2) is 6.87. The third-order valence-electron chi connectivity index (χ3n) is 2.43. The molecule has 1 aromatic carbocycles. The van der Waals surface area contributed by atoms with Gasteiger partial charge in [-0.2, -0.15) is 0 Å². The molecule has 2 nitrogen and oxygen atoms in total. The van der Waals surface area contributed by atoms with Crippen LogP contribution in [0.2, 0.25) is 19.6 Å². The molecule has 0 aliphatic carbocycles. The summed E-state index contributed by atoms with van der Waals surface area (Å²) in [6.45, 7) is 6.56. The summed E-state index contributed by atoms with van der Waals surface area (Å²) in [6, 6.07) is 9.72. The molecule has 0 saturated heterocycles. The zero-order valence-corrected chi connectivity index (χ0v) is 13.7. The normalized spacial score (nSPS) is 13.4. The number of benzene rings is 1. The molecule has 0 N–H and O–H groups in total. The van der Waals surface area contributed by atoms with Crippen LogP contribution in [0.25, 0.3) is 6.08 Å². The molecule has 0 unspecified atom stereocenters. The topological polar surface area (TPSA) is 34.1 Å². The fourth-order valence-corrected chi connectivity index (χ4v) is 3.42. The first-order chi connectivity index (χ1) is 8.79. The van der Waals surface area contributed by atoms with Gasteiger partial charge in [-0.05, 0) is 5.56 Å². The van der Waals surface area contributed by atoms with Gasteiger partial charge in [0.1, 0.15) is 0 Å². The minimum Gasteiger partial charge on any atom is -0.228 e. The van der Waals surface area contributed by atoms with E-state index in [0.717, 1.165) is 5.56 Å². The molecular weight excluding hydrogens is 272 g/mol. The van der Waals surface area contributed by atoms with Crippen LogP contribution in [0.4, 0.5) is 0 Å². The van der Waals surface area contributed by atoms with Crippen molar-refractivity contribution in [1.82, 2.24) is 0 Å². The Bertz CT molecular complexity index is 537. The second-order valence-electron chi connectivity index (χ2n) is 5.66. The van der Waals surface area contributed by atoms with Crippen molar-refractivity contribution >= 4 is 24.0 Å². The lowest BCUT2D eigenvalue weighted by Gasteiger charge is -2.07. The summed E-state index contributed by atoms with van der Waals surface area (Å²) in [4.78, 5) is 0. The summed E-state index contributed by atoms with van der Waals surface area (Å²) in [5.41, 5.74) is 3.10. The van der Waals surface area contributed by atoms with E-state index in [1.54, 1.807) is 12.2 Å². The Labute approximate surface area is 117 Å². The van der Waals surface area contributed by atoms with Crippen LogP contribution >= 0.6 is 0 Å². The van der Waals surface area contributed by atoms with E-state index in [0.29, 0.717) is 0 Å². The lowest BCUT2D eigenvalue weighted by molar-refractivity contribution is 0.602. The molecule has 0 spiro atoms. The second-order valence-corrected chi connectivity index (χ2v) is 12.9. The van der Waals surface area contributed by atoms with Crippen LogP contribution in [-0.2, 0) is 9.84 Å². The van der Waals surface area contributed by atoms with Crippen LogP contribution in [-0.4, -0.2) is 28.0 Å². The molecule has 0 fully saturated rings. The highest BCUT2D eigenvalue weighted by Crippen LogP contribution is 2.04. The van der Waals surface area contributed by atoms with Crippen LogP contribution in [0.1, 0.15) is 5.56 Å². The van der Waals surface area contributed by atoms with Crippen LogP contribution in [0.3, 0.4) is 0 Å². The molecule has 1 rings (SSSR count). The van der Waals surface area contributed by atoms with Gasteiger partial charge in [0.2, 0.25) is 0 Å². The van der Waals surface area contributed by atoms with Gasteiger partial charge in [-0.3, -0.25) is 0 Å². The number of sulfone groups is 1. The van der Waals surface area contributed by atoms with Crippen LogP contribution in [0.5, 0.6) is 0 Å². The van der Waals surface area contributed by atoms with E-state index in [2.05, 4.69) is 25.3 Å². The van der Waals surface area contributed by atoms with Gasteiger partial charge in [0.25, 0.3) is 0 Å². The Hall–Kier alpha value is -1.13. The van der Waals surface area contributed by atoms with E-state index < -0.39 is 17.9 Å². The minimum absolute atomic E-state index is 0.0952. The standard InChI is InChI=1S/C15H22O2SSi/c1-19(2,3)14-8-13-18(16,17)12-7-11-15-9-5-4-6-10-15/h4-11,14H,12-13H2,1-3H3/b11-7+,14-8+. The molecule has 1 aromatic rings. The first kappa shape index (κ1) is 15.9. The molecular formula is C15H22O2SSi. The van der Waals surface area contributed by atoms with Crippen molar-refractivity contribution in [2.24, 2.45) is 0 Å². The number of rotatable bonds is 6. The fraction of sp³-hybridized carbons (Fsp3) is 0.333. The van der Waals surface area contributed by atoms with Crippen molar-refractivity contribution in [3.8, 4) is 0 Å². The average Bonchev–Trinajstić information content (AvgIpc) is 2.28. The quantitative estimate of drug-likeness (QED) is 0.752.